The van der Waals surface area contributed by atoms with Crippen molar-refractivity contribution in [1.82, 2.24) is 0 Å². The van der Waals surface area contributed by atoms with Gasteiger partial charge in [0.1, 0.15) is 11.9 Å². The molecule has 34 heavy (non-hydrogen) atoms. The molecule has 6 nitrogen and oxygen atoms in total. The zero-order valence-corrected chi connectivity index (χ0v) is 20.9. The predicted molar refractivity (Wildman–Crippen MR) is 133 cm³/mol. The number of benzene rings is 2. The van der Waals surface area contributed by atoms with Gasteiger partial charge in [-0.1, -0.05) is 32.9 Å². The molecule has 0 bridgehead atoms. The third-order valence-corrected chi connectivity index (χ3v) is 8.71. The van der Waals surface area contributed by atoms with Gasteiger partial charge in [-0.2, -0.15) is 0 Å². The van der Waals surface area contributed by atoms with Crippen molar-refractivity contribution >= 4 is 26.4 Å². The Morgan fingerprint density at radius 2 is 1.82 bits per heavy atom. The molecule has 1 fully saturated rings. The molecule has 0 N–H and O–H groups in total. The topological polar surface area (TPSA) is 72.9 Å². The van der Waals surface area contributed by atoms with Gasteiger partial charge in [0.2, 0.25) is 5.23 Å². The van der Waals surface area contributed by atoms with E-state index in [1.54, 1.807) is 22.5 Å². The molecule has 7 heteroatoms. The lowest BCUT2D eigenvalue weighted by molar-refractivity contribution is 0.0119. The lowest BCUT2D eigenvalue weighted by Gasteiger charge is -2.34. The molecule has 182 valence electrons. The van der Waals surface area contributed by atoms with Gasteiger partial charge in [-0.25, -0.2) is 9.00 Å². The predicted octanol–water partition coefficient (Wildman–Crippen LogP) is 4.80. The van der Waals surface area contributed by atoms with E-state index in [9.17, 15) is 13.8 Å². The number of hydrogen-bond acceptors (Lipinski definition) is 5. The van der Waals surface area contributed by atoms with E-state index in [1.807, 2.05) is 43.3 Å². The second kappa shape index (κ2) is 10.3. The number of ether oxygens (including phenoxy) is 2. The number of fused-ring (bicyclic) bond motifs is 1. The maximum Gasteiger partial charge on any atom is 0.211 e. The van der Waals surface area contributed by atoms with Crippen molar-refractivity contribution in [3.63, 3.8) is 0 Å². The Morgan fingerprint density at radius 3 is 2.44 bits per heavy atom. The van der Waals surface area contributed by atoms with Crippen LogP contribution in [0.2, 0.25) is 0 Å². The van der Waals surface area contributed by atoms with Crippen LogP contribution in [-0.4, -0.2) is 41.1 Å². The van der Waals surface area contributed by atoms with Gasteiger partial charge in [0.25, 0.3) is 0 Å². The van der Waals surface area contributed by atoms with Gasteiger partial charge in [0.15, 0.2) is 15.5 Å². The highest BCUT2D eigenvalue weighted by molar-refractivity contribution is 8.02. The lowest BCUT2D eigenvalue weighted by Crippen LogP contribution is -2.37. The summed E-state index contributed by atoms with van der Waals surface area (Å²) < 4.78 is 27.5. The van der Waals surface area contributed by atoms with Gasteiger partial charge in [-0.05, 0) is 61.1 Å². The van der Waals surface area contributed by atoms with Crippen LogP contribution in [0, 0.1) is 11.8 Å². The number of carbonyl (C=O) groups excluding carboxylic acids is 2. The van der Waals surface area contributed by atoms with Crippen molar-refractivity contribution in [2.45, 2.75) is 57.5 Å². The molecule has 2 heterocycles. The summed E-state index contributed by atoms with van der Waals surface area (Å²) in [4.78, 5) is 25.6. The minimum atomic E-state index is -3.40. The molecule has 0 radical (unpaired) electrons. The smallest absolute Gasteiger partial charge is 0.211 e. The molecule has 2 aliphatic rings. The first kappa shape index (κ1) is 24.5. The number of ketones is 1. The first-order chi connectivity index (χ1) is 16.4. The molecule has 2 unspecified atom stereocenters. The minimum Gasteiger partial charge on any atom is -0.489 e. The SMILES string of the molecule is CCc1ccc(N(CC(C)C)S(=O)(=C=O)c2ccc3c(c2)C(=O)CC(C2CCOCC2)O3)cc1. The van der Waals surface area contributed by atoms with Gasteiger partial charge < -0.3 is 9.47 Å². The highest BCUT2D eigenvalue weighted by Crippen LogP contribution is 2.36. The van der Waals surface area contributed by atoms with Crippen LogP contribution in [-0.2, 0) is 25.7 Å². The van der Waals surface area contributed by atoms with Crippen LogP contribution in [0.3, 0.4) is 0 Å². The third kappa shape index (κ3) is 4.92. The Balaban J connectivity index is 1.70. The van der Waals surface area contributed by atoms with E-state index in [4.69, 9.17) is 9.47 Å². The monoisotopic (exact) mass is 483 g/mol. The van der Waals surface area contributed by atoms with Gasteiger partial charge in [-0.3, -0.25) is 9.10 Å². The highest BCUT2D eigenvalue weighted by Gasteiger charge is 2.34. The van der Waals surface area contributed by atoms with Gasteiger partial charge in [0, 0.05) is 37.8 Å². The van der Waals surface area contributed by atoms with E-state index < -0.39 is 9.71 Å². The number of rotatable bonds is 7. The third-order valence-electron chi connectivity index (χ3n) is 6.61. The maximum atomic E-state index is 14.2. The zero-order chi connectivity index (χ0) is 24.3. The second-order valence-corrected chi connectivity index (χ2v) is 11.6. The molecule has 0 aromatic heterocycles. The molecular weight excluding hydrogens is 450 g/mol. The average molecular weight is 484 g/mol. The summed E-state index contributed by atoms with van der Waals surface area (Å²) in [5.41, 5.74) is 2.24. The summed E-state index contributed by atoms with van der Waals surface area (Å²) in [6, 6.07) is 12.6. The fraction of sp³-hybridized carbons (Fsp3) is 0.481. The maximum absolute atomic E-state index is 14.2. The van der Waals surface area contributed by atoms with E-state index in [0.29, 0.717) is 36.8 Å². The van der Waals surface area contributed by atoms with E-state index in [1.165, 1.54) is 0 Å². The number of Topliss-reactive ketones (excluding diaryl/α,β-unsaturated/α-hetero) is 1. The van der Waals surface area contributed by atoms with Crippen molar-refractivity contribution in [3.8, 4) is 5.75 Å². The summed E-state index contributed by atoms with van der Waals surface area (Å²) in [5, 5.41) is 1.85. The van der Waals surface area contributed by atoms with Crippen LogP contribution in [0.25, 0.3) is 0 Å². The van der Waals surface area contributed by atoms with Crippen LogP contribution in [0.4, 0.5) is 5.69 Å². The van der Waals surface area contributed by atoms with Crippen molar-refractivity contribution in [2.75, 3.05) is 24.1 Å². The van der Waals surface area contributed by atoms with E-state index in [-0.39, 0.29) is 35.0 Å². The summed E-state index contributed by atoms with van der Waals surface area (Å²) in [5.74, 6) is 0.885. The van der Waals surface area contributed by atoms with E-state index in [0.717, 1.165) is 24.8 Å². The first-order valence-electron chi connectivity index (χ1n) is 12.1. The zero-order valence-electron chi connectivity index (χ0n) is 20.1. The number of aryl methyl sites for hydroxylation is 1. The van der Waals surface area contributed by atoms with Crippen LogP contribution < -0.4 is 9.04 Å². The van der Waals surface area contributed by atoms with E-state index >= 15 is 0 Å². The molecule has 2 aromatic rings. The number of hydrogen-bond donors (Lipinski definition) is 0. The summed E-state index contributed by atoms with van der Waals surface area (Å²) in [6.45, 7) is 7.88. The summed E-state index contributed by atoms with van der Waals surface area (Å²) in [6.07, 6.45) is 2.75. The molecule has 0 amide bonds. The first-order valence-corrected chi connectivity index (χ1v) is 13.6. The average Bonchev–Trinajstić information content (AvgIpc) is 2.87. The van der Waals surface area contributed by atoms with Crippen LogP contribution >= 0.6 is 0 Å². The Hall–Kier alpha value is -2.60. The van der Waals surface area contributed by atoms with Gasteiger partial charge in [-0.15, -0.1) is 0 Å². The molecule has 2 aromatic carbocycles. The molecular formula is C27H33NO5S. The van der Waals surface area contributed by atoms with Crippen molar-refractivity contribution in [2.24, 2.45) is 11.8 Å². The van der Waals surface area contributed by atoms with Gasteiger partial charge in [0.05, 0.1) is 10.5 Å². The molecule has 4 rings (SSSR count). The Kier molecular flexibility index (Phi) is 7.46. The summed E-state index contributed by atoms with van der Waals surface area (Å²) >= 11 is 0. The lowest BCUT2D eigenvalue weighted by atomic mass is 9.87. The number of carbonyl (C=O) groups is 1. The Morgan fingerprint density at radius 1 is 1.12 bits per heavy atom. The molecule has 2 atom stereocenters. The van der Waals surface area contributed by atoms with Crippen molar-refractivity contribution < 1.29 is 23.3 Å². The van der Waals surface area contributed by atoms with Gasteiger partial charge >= 0.3 is 0 Å². The number of anilines is 1. The quantitative estimate of drug-likeness (QED) is 0.529. The van der Waals surface area contributed by atoms with Crippen LogP contribution in [0.5, 0.6) is 5.75 Å². The number of nitrogens with zero attached hydrogens (tertiary/aromatic N) is 1. The van der Waals surface area contributed by atoms with E-state index in [2.05, 4.69) is 6.92 Å². The highest BCUT2D eigenvalue weighted by atomic mass is 32.2. The second-order valence-electron chi connectivity index (χ2n) is 9.48. The fourth-order valence-electron chi connectivity index (χ4n) is 4.66. The summed E-state index contributed by atoms with van der Waals surface area (Å²) in [7, 11) is -3.40. The standard InChI is InChI=1S/C27H33NO5S/c1-4-20-5-7-22(8-6-20)28(17-19(2)3)34(31,18-29)23-9-10-26-24(15-23)25(30)16-27(33-26)21-11-13-32-14-12-21/h5-10,15,19,21,27H,4,11-14,16-17H2,1-3H3. The Bertz CT molecular complexity index is 1170. The molecule has 1 saturated heterocycles. The minimum absolute atomic E-state index is 0.0463. The van der Waals surface area contributed by atoms with Crippen LogP contribution in [0.15, 0.2) is 47.4 Å². The molecule has 2 aliphatic heterocycles. The molecule has 0 spiro atoms. The largest absolute Gasteiger partial charge is 0.489 e. The molecule has 0 aliphatic carbocycles. The molecule has 0 saturated carbocycles. The fourth-order valence-corrected chi connectivity index (χ4v) is 6.56. The van der Waals surface area contributed by atoms with Crippen molar-refractivity contribution in [3.05, 3.63) is 53.6 Å². The Labute approximate surface area is 202 Å². The van der Waals surface area contributed by atoms with Crippen LogP contribution in [0.1, 0.15) is 56.0 Å². The normalized spacial score (nSPS) is 20.2. The van der Waals surface area contributed by atoms with Crippen molar-refractivity contribution in [1.29, 1.82) is 0 Å².